The summed E-state index contributed by atoms with van der Waals surface area (Å²) in [6, 6.07) is 8.04. The molecule has 0 fully saturated rings. The zero-order chi connectivity index (χ0) is 13.2. The number of benzene rings is 1. The maximum Gasteiger partial charge on any atom is 0.242 e. The van der Waals surface area contributed by atoms with E-state index >= 15 is 0 Å². The molecule has 1 atom stereocenters. The second-order valence-electron chi connectivity index (χ2n) is 4.25. The number of thioether (sulfide) groups is 1. The Morgan fingerprint density at radius 1 is 1.32 bits per heavy atom. The molecule has 1 aromatic carbocycles. The fraction of sp³-hybridized carbons (Fsp3) is 0.214. The quantitative estimate of drug-likeness (QED) is 0.791. The molecule has 0 spiro atoms. The number of fused-ring (bicyclic) bond motifs is 1. The number of hydrogen-bond donors (Lipinski definition) is 0. The van der Waals surface area contributed by atoms with Gasteiger partial charge in [0.2, 0.25) is 11.1 Å². The second kappa shape index (κ2) is 5.35. The van der Waals surface area contributed by atoms with Gasteiger partial charge in [0, 0.05) is 17.1 Å². The van der Waals surface area contributed by atoms with Crippen molar-refractivity contribution in [3.05, 3.63) is 47.1 Å². The van der Waals surface area contributed by atoms with E-state index in [1.165, 1.54) is 4.90 Å². The summed E-state index contributed by atoms with van der Waals surface area (Å²) in [4.78, 5) is 6.52. The minimum atomic E-state index is -1.44. The van der Waals surface area contributed by atoms with Gasteiger partial charge in [-0.25, -0.2) is 4.21 Å². The maximum absolute atomic E-state index is 12.0. The Kier molecular flexibility index (Phi) is 3.57. The van der Waals surface area contributed by atoms with Crippen LogP contribution in [0.2, 0.25) is 0 Å². The SMILES string of the molecule is CC1=CC=C(C2=Nc3ccccc3SCC2)S(=O)O1. The van der Waals surface area contributed by atoms with E-state index in [4.69, 9.17) is 4.18 Å². The lowest BCUT2D eigenvalue weighted by molar-refractivity contribution is 0.460. The average molecular weight is 291 g/mol. The van der Waals surface area contributed by atoms with Gasteiger partial charge in [-0.05, 0) is 31.2 Å². The van der Waals surface area contributed by atoms with Crippen LogP contribution in [0.25, 0.3) is 0 Å². The molecular weight excluding hydrogens is 278 g/mol. The van der Waals surface area contributed by atoms with E-state index in [2.05, 4.69) is 11.1 Å². The molecule has 1 unspecified atom stereocenters. The summed E-state index contributed by atoms with van der Waals surface area (Å²) < 4.78 is 17.3. The first kappa shape index (κ1) is 12.7. The van der Waals surface area contributed by atoms with Gasteiger partial charge in [-0.1, -0.05) is 12.1 Å². The van der Waals surface area contributed by atoms with Crippen LogP contribution in [0.4, 0.5) is 5.69 Å². The number of para-hydroxylation sites is 1. The van der Waals surface area contributed by atoms with E-state index in [1.807, 2.05) is 30.4 Å². The number of hydrogen-bond acceptors (Lipinski definition) is 4. The van der Waals surface area contributed by atoms with Crippen molar-refractivity contribution in [1.29, 1.82) is 0 Å². The third-order valence-electron chi connectivity index (χ3n) is 2.86. The Morgan fingerprint density at radius 3 is 3.00 bits per heavy atom. The largest absolute Gasteiger partial charge is 0.402 e. The predicted octanol–water partition coefficient (Wildman–Crippen LogP) is 3.74. The standard InChI is InChI=1S/C14H13NO2S2/c1-10-6-7-14(19(16)17-10)12-8-9-18-13-5-3-2-4-11(13)15-12/h2-7H,8-9H2,1H3. The third kappa shape index (κ3) is 2.67. The van der Waals surface area contributed by atoms with Crippen LogP contribution in [0.15, 0.2) is 57.0 Å². The lowest BCUT2D eigenvalue weighted by Gasteiger charge is -2.13. The highest BCUT2D eigenvalue weighted by molar-refractivity contribution is 7.99. The molecule has 2 heterocycles. The molecule has 0 N–H and O–H groups in total. The topological polar surface area (TPSA) is 38.7 Å². The summed E-state index contributed by atoms with van der Waals surface area (Å²) >= 11 is 0.345. The summed E-state index contributed by atoms with van der Waals surface area (Å²) in [5.41, 5.74) is 1.81. The molecule has 0 saturated carbocycles. The molecule has 2 aliphatic heterocycles. The fourth-order valence-corrected chi connectivity index (χ4v) is 3.80. The molecule has 19 heavy (non-hydrogen) atoms. The van der Waals surface area contributed by atoms with Gasteiger partial charge in [-0.15, -0.1) is 11.8 Å². The molecule has 0 aliphatic carbocycles. The van der Waals surface area contributed by atoms with E-state index in [1.54, 1.807) is 18.7 Å². The first-order chi connectivity index (χ1) is 9.24. The van der Waals surface area contributed by atoms with Crippen LogP contribution in [-0.4, -0.2) is 15.7 Å². The highest BCUT2D eigenvalue weighted by Crippen LogP contribution is 2.34. The van der Waals surface area contributed by atoms with E-state index in [0.29, 0.717) is 10.7 Å². The Bertz CT molecular complexity index is 632. The van der Waals surface area contributed by atoms with Crippen molar-refractivity contribution in [2.75, 3.05) is 5.75 Å². The Labute approximate surface area is 119 Å². The van der Waals surface area contributed by atoms with Crippen molar-refractivity contribution in [3.63, 3.8) is 0 Å². The molecule has 0 saturated heterocycles. The second-order valence-corrected chi connectivity index (χ2v) is 6.46. The van der Waals surface area contributed by atoms with Crippen LogP contribution in [-0.2, 0) is 15.3 Å². The van der Waals surface area contributed by atoms with E-state index in [-0.39, 0.29) is 0 Å². The van der Waals surface area contributed by atoms with Crippen LogP contribution in [0.1, 0.15) is 13.3 Å². The summed E-state index contributed by atoms with van der Waals surface area (Å²) in [7, 11) is 0. The zero-order valence-electron chi connectivity index (χ0n) is 10.5. The van der Waals surface area contributed by atoms with Crippen molar-refractivity contribution < 1.29 is 8.39 Å². The van der Waals surface area contributed by atoms with Crippen LogP contribution in [0.5, 0.6) is 0 Å². The summed E-state index contributed by atoms with van der Waals surface area (Å²) in [6.07, 6.45) is 4.49. The first-order valence-corrected chi connectivity index (χ1v) is 8.08. The van der Waals surface area contributed by atoms with Crippen LogP contribution in [0.3, 0.4) is 0 Å². The molecule has 0 bridgehead atoms. The normalized spacial score (nSPS) is 22.4. The van der Waals surface area contributed by atoms with Crippen molar-refractivity contribution in [1.82, 2.24) is 0 Å². The lowest BCUT2D eigenvalue weighted by atomic mass is 10.2. The Balaban J connectivity index is 2.02. The van der Waals surface area contributed by atoms with Gasteiger partial charge >= 0.3 is 0 Å². The van der Waals surface area contributed by atoms with Gasteiger partial charge in [-0.2, -0.15) is 0 Å². The van der Waals surface area contributed by atoms with Gasteiger partial charge in [0.25, 0.3) is 0 Å². The third-order valence-corrected chi connectivity index (χ3v) is 5.07. The maximum atomic E-state index is 12.0. The molecule has 0 aromatic heterocycles. The average Bonchev–Trinajstić information content (AvgIpc) is 2.60. The smallest absolute Gasteiger partial charge is 0.242 e. The fourth-order valence-electron chi connectivity index (χ4n) is 1.94. The Hall–Kier alpha value is -1.33. The molecule has 0 radical (unpaired) electrons. The number of aliphatic imine (C=N–C) groups is 1. The molecule has 98 valence electrons. The van der Waals surface area contributed by atoms with Crippen LogP contribution < -0.4 is 0 Å². The van der Waals surface area contributed by atoms with E-state index < -0.39 is 11.1 Å². The molecule has 0 amide bonds. The number of nitrogens with zero attached hydrogens (tertiary/aromatic N) is 1. The van der Waals surface area contributed by atoms with Gasteiger partial charge in [0.05, 0.1) is 11.4 Å². The monoisotopic (exact) mass is 291 g/mol. The van der Waals surface area contributed by atoms with Gasteiger partial charge in [0.1, 0.15) is 10.7 Å². The van der Waals surface area contributed by atoms with Crippen molar-refractivity contribution in [2.45, 2.75) is 18.2 Å². The lowest BCUT2D eigenvalue weighted by Crippen LogP contribution is -2.13. The van der Waals surface area contributed by atoms with E-state index in [9.17, 15) is 4.21 Å². The zero-order valence-corrected chi connectivity index (χ0v) is 12.1. The van der Waals surface area contributed by atoms with Crippen molar-refractivity contribution in [2.24, 2.45) is 4.99 Å². The minimum absolute atomic E-state index is 0.672. The molecule has 3 nitrogen and oxygen atoms in total. The minimum Gasteiger partial charge on any atom is -0.402 e. The predicted molar refractivity (Wildman–Crippen MR) is 79.9 cm³/mol. The highest BCUT2D eigenvalue weighted by Gasteiger charge is 2.21. The molecule has 2 aliphatic rings. The van der Waals surface area contributed by atoms with Crippen LogP contribution in [0, 0.1) is 0 Å². The summed E-state index contributed by atoms with van der Waals surface area (Å²) in [6.45, 7) is 1.80. The van der Waals surface area contributed by atoms with Crippen molar-refractivity contribution >= 4 is 34.2 Å². The first-order valence-electron chi connectivity index (χ1n) is 6.02. The molecule has 5 heteroatoms. The number of allylic oxidation sites excluding steroid dienone is 4. The van der Waals surface area contributed by atoms with Crippen molar-refractivity contribution in [3.8, 4) is 0 Å². The van der Waals surface area contributed by atoms with Gasteiger partial charge in [-0.3, -0.25) is 4.99 Å². The van der Waals surface area contributed by atoms with Gasteiger partial charge in [0.15, 0.2) is 0 Å². The Morgan fingerprint density at radius 2 is 2.16 bits per heavy atom. The van der Waals surface area contributed by atoms with E-state index in [0.717, 1.165) is 23.6 Å². The molecule has 3 rings (SSSR count). The summed E-state index contributed by atoms with van der Waals surface area (Å²) in [5.74, 6) is 1.61. The van der Waals surface area contributed by atoms with Crippen LogP contribution >= 0.6 is 11.8 Å². The van der Waals surface area contributed by atoms with Gasteiger partial charge < -0.3 is 4.18 Å². The highest BCUT2D eigenvalue weighted by atomic mass is 32.2. The molecule has 1 aromatic rings. The molecular formula is C14H13NO2S2. The number of rotatable bonds is 1. The summed E-state index contributed by atoms with van der Waals surface area (Å²) in [5, 5.41) is 0.